The van der Waals surface area contributed by atoms with Gasteiger partial charge in [-0.05, 0) is 63.2 Å². The summed E-state index contributed by atoms with van der Waals surface area (Å²) in [7, 11) is 0. The molecule has 2 aromatic heterocycles. The maximum Gasteiger partial charge on any atom is 0.141 e. The first-order valence-corrected chi connectivity index (χ1v) is 12.1. The van der Waals surface area contributed by atoms with E-state index in [0.29, 0.717) is 5.02 Å². The van der Waals surface area contributed by atoms with Gasteiger partial charge in [0.15, 0.2) is 0 Å². The molecule has 1 N–H and O–H groups in total. The number of nitrogens with one attached hydrogen (secondary N) is 1. The van der Waals surface area contributed by atoms with Gasteiger partial charge in [-0.1, -0.05) is 70.8 Å². The molecule has 6 rings (SSSR count). The molecule has 0 fully saturated rings. The largest absolute Gasteiger partial charge is 0.340 e. The van der Waals surface area contributed by atoms with Gasteiger partial charge in [0, 0.05) is 32.6 Å². The smallest absolute Gasteiger partial charge is 0.141 e. The van der Waals surface area contributed by atoms with Crippen molar-refractivity contribution in [3.63, 3.8) is 0 Å². The lowest BCUT2D eigenvalue weighted by molar-refractivity contribution is 1.36. The van der Waals surface area contributed by atoms with Gasteiger partial charge >= 0.3 is 0 Å². The van der Waals surface area contributed by atoms with Crippen LogP contribution in [0.1, 0.15) is 16.7 Å². The molecular weight excluding hydrogens is 450 g/mol. The Bertz CT molecular complexity index is 1750. The van der Waals surface area contributed by atoms with Gasteiger partial charge in [0.25, 0.3) is 0 Å². The number of benzene rings is 4. The van der Waals surface area contributed by atoms with Crippen LogP contribution < -0.4 is 5.32 Å². The minimum absolute atomic E-state index is 0.702. The quantitative estimate of drug-likeness (QED) is 0.206. The van der Waals surface area contributed by atoms with Gasteiger partial charge in [-0.15, -0.1) is 0 Å². The van der Waals surface area contributed by atoms with Crippen LogP contribution in [-0.2, 0) is 0 Å². The van der Waals surface area contributed by atoms with Gasteiger partial charge in [0.2, 0.25) is 0 Å². The van der Waals surface area contributed by atoms with Gasteiger partial charge in [-0.3, -0.25) is 0 Å². The fourth-order valence-corrected chi connectivity index (χ4v) is 4.95. The molecule has 0 radical (unpaired) electrons. The number of aryl methyl sites for hydroxylation is 3. The molecule has 35 heavy (non-hydrogen) atoms. The average molecular weight is 474 g/mol. The number of hydrogen-bond donors (Lipinski definition) is 1. The third-order valence-corrected chi connectivity index (χ3v) is 6.80. The van der Waals surface area contributed by atoms with Crippen LogP contribution in [0.25, 0.3) is 43.8 Å². The lowest BCUT2D eigenvalue weighted by Crippen LogP contribution is -2.00. The van der Waals surface area contributed by atoms with Crippen LogP contribution in [0.3, 0.4) is 0 Å². The predicted octanol–water partition coefficient (Wildman–Crippen LogP) is 8.93. The number of pyridine rings is 2. The summed E-state index contributed by atoms with van der Waals surface area (Å²) < 4.78 is 0. The molecule has 0 atom stereocenters. The number of halogens is 1. The van der Waals surface area contributed by atoms with Gasteiger partial charge < -0.3 is 5.32 Å². The molecule has 4 aromatic carbocycles. The molecule has 6 aromatic rings. The van der Waals surface area contributed by atoms with Crippen LogP contribution in [-0.4, -0.2) is 9.97 Å². The van der Waals surface area contributed by atoms with E-state index in [2.05, 4.69) is 92.8 Å². The van der Waals surface area contributed by atoms with Crippen molar-refractivity contribution in [1.82, 2.24) is 9.97 Å². The van der Waals surface area contributed by atoms with Crippen LogP contribution >= 0.6 is 11.6 Å². The number of rotatable bonds is 3. The molecule has 0 amide bonds. The van der Waals surface area contributed by atoms with Crippen LogP contribution in [0.5, 0.6) is 0 Å². The lowest BCUT2D eigenvalue weighted by atomic mass is 9.94. The summed E-state index contributed by atoms with van der Waals surface area (Å²) in [5.74, 6) is 0.769. The molecule has 2 heterocycles. The van der Waals surface area contributed by atoms with Crippen molar-refractivity contribution in [2.45, 2.75) is 20.8 Å². The number of fused-ring (bicyclic) bond motifs is 4. The van der Waals surface area contributed by atoms with E-state index in [1.165, 1.54) is 16.7 Å². The van der Waals surface area contributed by atoms with Gasteiger partial charge in [0.05, 0.1) is 21.9 Å². The number of anilines is 2. The molecule has 170 valence electrons. The van der Waals surface area contributed by atoms with Crippen molar-refractivity contribution >= 4 is 55.8 Å². The first-order valence-electron chi connectivity index (χ1n) is 11.7. The summed E-state index contributed by atoms with van der Waals surface area (Å²) in [6, 6.07) is 29.1. The summed E-state index contributed by atoms with van der Waals surface area (Å²) in [5, 5.41) is 7.36. The van der Waals surface area contributed by atoms with Gasteiger partial charge in [0.1, 0.15) is 5.82 Å². The molecule has 4 heteroatoms. The third-order valence-electron chi connectivity index (χ3n) is 6.47. The van der Waals surface area contributed by atoms with E-state index >= 15 is 0 Å². The highest BCUT2D eigenvalue weighted by molar-refractivity contribution is 6.35. The fraction of sp³-hybridized carbons (Fsp3) is 0.0968. The second-order valence-corrected chi connectivity index (χ2v) is 9.59. The van der Waals surface area contributed by atoms with E-state index in [1.54, 1.807) is 0 Å². The van der Waals surface area contributed by atoms with Crippen molar-refractivity contribution in [1.29, 1.82) is 0 Å². The maximum absolute atomic E-state index is 6.81. The van der Waals surface area contributed by atoms with E-state index in [-0.39, 0.29) is 0 Å². The molecule has 0 saturated heterocycles. The second-order valence-electron chi connectivity index (χ2n) is 9.18. The van der Waals surface area contributed by atoms with Crippen LogP contribution in [0.4, 0.5) is 11.5 Å². The Morgan fingerprint density at radius 3 is 2.00 bits per heavy atom. The second kappa shape index (κ2) is 8.37. The first kappa shape index (κ1) is 21.6. The highest BCUT2D eigenvalue weighted by Gasteiger charge is 2.20. The Kier molecular flexibility index (Phi) is 5.16. The van der Waals surface area contributed by atoms with E-state index in [1.807, 2.05) is 18.2 Å². The Balaban J connectivity index is 1.82. The highest BCUT2D eigenvalue weighted by Crippen LogP contribution is 2.43. The molecule has 0 aliphatic rings. The SMILES string of the molecule is Cc1ccc(Nc2nc3ccc(C)cc3c3nc4ccc(C)cc4c(-c4ccccc4Cl)c23)cc1. The Morgan fingerprint density at radius 1 is 0.657 bits per heavy atom. The van der Waals surface area contributed by atoms with Crippen LogP contribution in [0.15, 0.2) is 84.9 Å². The van der Waals surface area contributed by atoms with E-state index in [4.69, 9.17) is 21.6 Å². The minimum Gasteiger partial charge on any atom is -0.340 e. The van der Waals surface area contributed by atoms with Gasteiger partial charge in [-0.2, -0.15) is 0 Å². The third kappa shape index (κ3) is 3.78. The van der Waals surface area contributed by atoms with Crippen molar-refractivity contribution in [2.75, 3.05) is 5.32 Å². The van der Waals surface area contributed by atoms with E-state index in [0.717, 1.165) is 55.3 Å². The first-order chi connectivity index (χ1) is 17.0. The Hall–Kier alpha value is -3.95. The van der Waals surface area contributed by atoms with Crippen molar-refractivity contribution in [3.05, 3.63) is 107 Å². The molecule has 0 aliphatic carbocycles. The predicted molar refractivity (Wildman–Crippen MR) is 149 cm³/mol. The Morgan fingerprint density at radius 2 is 1.29 bits per heavy atom. The van der Waals surface area contributed by atoms with Crippen LogP contribution in [0, 0.1) is 20.8 Å². The van der Waals surface area contributed by atoms with Crippen molar-refractivity contribution in [3.8, 4) is 11.1 Å². The van der Waals surface area contributed by atoms with Gasteiger partial charge in [-0.25, -0.2) is 9.97 Å². The average Bonchev–Trinajstić information content (AvgIpc) is 2.85. The molecule has 0 saturated carbocycles. The zero-order valence-electron chi connectivity index (χ0n) is 19.9. The molecular formula is C31H24ClN3. The summed E-state index contributed by atoms with van der Waals surface area (Å²) in [4.78, 5) is 10.3. The van der Waals surface area contributed by atoms with Crippen molar-refractivity contribution in [2.24, 2.45) is 0 Å². The lowest BCUT2D eigenvalue weighted by Gasteiger charge is -2.18. The maximum atomic E-state index is 6.81. The van der Waals surface area contributed by atoms with E-state index < -0.39 is 0 Å². The summed E-state index contributed by atoms with van der Waals surface area (Å²) >= 11 is 6.81. The van der Waals surface area contributed by atoms with E-state index in [9.17, 15) is 0 Å². The number of hydrogen-bond acceptors (Lipinski definition) is 3. The zero-order valence-corrected chi connectivity index (χ0v) is 20.6. The molecule has 0 spiro atoms. The van der Waals surface area contributed by atoms with Crippen molar-refractivity contribution < 1.29 is 0 Å². The number of nitrogens with zero attached hydrogens (tertiary/aromatic N) is 2. The summed E-state index contributed by atoms with van der Waals surface area (Å²) in [5.41, 5.74) is 9.31. The summed E-state index contributed by atoms with van der Waals surface area (Å²) in [6.07, 6.45) is 0. The molecule has 0 unspecified atom stereocenters. The summed E-state index contributed by atoms with van der Waals surface area (Å²) in [6.45, 7) is 6.29. The fourth-order valence-electron chi connectivity index (χ4n) is 4.72. The molecule has 0 bridgehead atoms. The standard InChI is InChI=1S/C31H24ClN3/c1-18-8-12-21(13-9-18)33-31-29-28(22-6-4-5-7-25(22)32)23-16-19(2)10-14-26(23)34-30(29)24-17-20(3)11-15-27(24)35-31/h4-17H,1-3H3,(H,33,35). The van der Waals surface area contributed by atoms with Crippen LogP contribution in [0.2, 0.25) is 5.02 Å². The minimum atomic E-state index is 0.702. The highest BCUT2D eigenvalue weighted by atomic mass is 35.5. The Labute approximate surface area is 209 Å². The monoisotopic (exact) mass is 473 g/mol. The molecule has 0 aliphatic heterocycles. The topological polar surface area (TPSA) is 37.8 Å². The zero-order chi connectivity index (χ0) is 24.1. The normalized spacial score (nSPS) is 11.4. The molecule has 3 nitrogen and oxygen atoms in total. The number of aromatic nitrogens is 2.